The van der Waals surface area contributed by atoms with Crippen molar-refractivity contribution in [1.29, 1.82) is 0 Å². The average molecular weight is 425 g/mol. The summed E-state index contributed by atoms with van der Waals surface area (Å²) < 4.78 is 12.0. The number of likely N-dealkylation sites (tertiary alicyclic amines) is 1. The zero-order valence-electron chi connectivity index (χ0n) is 18.5. The summed E-state index contributed by atoms with van der Waals surface area (Å²) in [4.78, 5) is 14.0. The molecule has 6 heteroatoms. The molecule has 3 N–H and O–H groups in total. The molecule has 2 aliphatic rings. The monoisotopic (exact) mass is 424 g/mol. The molecule has 0 spiro atoms. The van der Waals surface area contributed by atoms with Crippen molar-refractivity contribution in [2.24, 2.45) is 11.1 Å². The van der Waals surface area contributed by atoms with Gasteiger partial charge in [-0.2, -0.15) is 0 Å². The molecule has 31 heavy (non-hydrogen) atoms. The Balaban J connectivity index is 1.61. The zero-order valence-corrected chi connectivity index (χ0v) is 18.5. The lowest BCUT2D eigenvalue weighted by molar-refractivity contribution is -0.129. The highest BCUT2D eigenvalue weighted by molar-refractivity contribution is 5.78. The van der Waals surface area contributed by atoms with E-state index in [1.165, 1.54) is 11.1 Å². The van der Waals surface area contributed by atoms with Gasteiger partial charge in [-0.1, -0.05) is 37.3 Å². The molecule has 1 aliphatic heterocycles. The highest BCUT2D eigenvalue weighted by Gasteiger charge is 2.48. The predicted molar refractivity (Wildman–Crippen MR) is 119 cm³/mol. The van der Waals surface area contributed by atoms with Gasteiger partial charge in [0, 0.05) is 37.3 Å². The number of carbonyl (C=O) groups excluding carboxylic acids is 1. The second kappa shape index (κ2) is 8.52. The number of methoxy groups -OCH3 is 1. The summed E-state index contributed by atoms with van der Waals surface area (Å²) in [6.07, 6.45) is 1.22. The Morgan fingerprint density at radius 3 is 2.48 bits per heavy atom. The summed E-state index contributed by atoms with van der Waals surface area (Å²) in [6, 6.07) is 14.4. The Kier molecular flexibility index (Phi) is 5.95. The van der Waals surface area contributed by atoms with E-state index in [1.54, 1.807) is 18.9 Å². The van der Waals surface area contributed by atoms with Crippen molar-refractivity contribution in [2.45, 2.75) is 44.8 Å². The lowest BCUT2D eigenvalue weighted by Crippen LogP contribution is -2.39. The third-order valence-electron chi connectivity index (χ3n) is 7.11. The van der Waals surface area contributed by atoms with Crippen LogP contribution < -0.4 is 15.2 Å². The van der Waals surface area contributed by atoms with E-state index in [2.05, 4.69) is 24.3 Å². The lowest BCUT2D eigenvalue weighted by Gasteiger charge is -2.34. The van der Waals surface area contributed by atoms with Crippen LogP contribution in [-0.2, 0) is 17.6 Å². The van der Waals surface area contributed by atoms with Crippen LogP contribution in [0, 0.1) is 5.41 Å². The van der Waals surface area contributed by atoms with Gasteiger partial charge in [0.25, 0.3) is 0 Å². The summed E-state index contributed by atoms with van der Waals surface area (Å²) >= 11 is 0. The first kappa shape index (κ1) is 21.7. The number of hydrogen-bond acceptors (Lipinski definition) is 5. The number of hydrogen-bond donors (Lipinski definition) is 2. The third kappa shape index (κ3) is 4.02. The van der Waals surface area contributed by atoms with Crippen LogP contribution in [0.5, 0.6) is 11.5 Å². The van der Waals surface area contributed by atoms with E-state index in [0.717, 1.165) is 18.4 Å². The van der Waals surface area contributed by atoms with Crippen LogP contribution >= 0.6 is 0 Å². The van der Waals surface area contributed by atoms with Crippen LogP contribution in [0.1, 0.15) is 36.5 Å². The maximum absolute atomic E-state index is 12.3. The van der Waals surface area contributed by atoms with Crippen LogP contribution in [0.2, 0.25) is 0 Å². The maximum atomic E-state index is 12.3. The van der Waals surface area contributed by atoms with Gasteiger partial charge >= 0.3 is 0 Å². The Labute approximate surface area is 184 Å². The van der Waals surface area contributed by atoms with E-state index in [0.29, 0.717) is 24.6 Å². The molecule has 6 nitrogen and oxygen atoms in total. The van der Waals surface area contributed by atoms with Crippen LogP contribution in [0.3, 0.4) is 0 Å². The number of fused-ring (bicyclic) bond motifs is 1. The minimum absolute atomic E-state index is 0.0260. The normalized spacial score (nSPS) is 24.2. The van der Waals surface area contributed by atoms with Crippen LogP contribution in [0.15, 0.2) is 42.5 Å². The van der Waals surface area contributed by atoms with Gasteiger partial charge in [0.2, 0.25) is 5.91 Å². The third-order valence-corrected chi connectivity index (χ3v) is 7.11. The van der Waals surface area contributed by atoms with Crippen molar-refractivity contribution in [2.75, 3.05) is 26.7 Å². The number of nitrogens with two attached hydrogens (primary N) is 1. The number of benzene rings is 2. The van der Waals surface area contributed by atoms with Crippen LogP contribution in [0.4, 0.5) is 0 Å². The highest BCUT2D eigenvalue weighted by Crippen LogP contribution is 2.47. The molecule has 0 saturated carbocycles. The van der Waals surface area contributed by atoms with Crippen LogP contribution in [0.25, 0.3) is 0 Å². The summed E-state index contributed by atoms with van der Waals surface area (Å²) in [5.74, 6) is 1.26. The first-order valence-electron chi connectivity index (χ1n) is 10.9. The summed E-state index contributed by atoms with van der Waals surface area (Å²) in [7, 11) is 1.64. The first-order valence-corrected chi connectivity index (χ1v) is 10.9. The van der Waals surface area contributed by atoms with Crippen molar-refractivity contribution in [1.82, 2.24) is 4.90 Å². The van der Waals surface area contributed by atoms with E-state index in [-0.39, 0.29) is 24.5 Å². The molecule has 2 aromatic carbocycles. The van der Waals surface area contributed by atoms with Gasteiger partial charge in [-0.15, -0.1) is 0 Å². The quantitative estimate of drug-likeness (QED) is 0.744. The van der Waals surface area contributed by atoms with Crippen molar-refractivity contribution < 1.29 is 19.4 Å². The molecule has 1 fully saturated rings. The molecule has 1 saturated heterocycles. The average Bonchev–Trinajstić information content (AvgIpc) is 3.34. The van der Waals surface area contributed by atoms with Gasteiger partial charge in [0.05, 0.1) is 19.8 Å². The molecule has 2 aromatic rings. The fourth-order valence-electron chi connectivity index (χ4n) is 5.03. The summed E-state index contributed by atoms with van der Waals surface area (Å²) in [6.45, 7) is 4.80. The van der Waals surface area contributed by atoms with Gasteiger partial charge in [0.1, 0.15) is 6.10 Å². The number of carbonyl (C=O) groups is 1. The van der Waals surface area contributed by atoms with E-state index >= 15 is 0 Å². The zero-order chi connectivity index (χ0) is 22.2. The SMILES string of the molecule is COc1ccc(C2CN(C(=O)CN)CC2(C)C(C)O)cc1OC1Cc2ccccc2C1. The Bertz CT molecular complexity index is 935. The number of aliphatic hydroxyl groups excluding tert-OH is 1. The van der Waals surface area contributed by atoms with E-state index < -0.39 is 11.5 Å². The molecule has 3 unspecified atom stereocenters. The van der Waals surface area contributed by atoms with E-state index in [9.17, 15) is 9.90 Å². The molecule has 3 atom stereocenters. The molecule has 1 aliphatic carbocycles. The van der Waals surface area contributed by atoms with Gasteiger partial charge in [-0.05, 0) is 35.7 Å². The number of amides is 1. The predicted octanol–water partition coefficient (Wildman–Crippen LogP) is 2.51. The molecular formula is C25H32N2O4. The highest BCUT2D eigenvalue weighted by atomic mass is 16.5. The molecule has 0 radical (unpaired) electrons. The molecule has 4 rings (SSSR count). The molecule has 0 bridgehead atoms. The Hall–Kier alpha value is -2.57. The van der Waals surface area contributed by atoms with Gasteiger partial charge < -0.3 is 25.2 Å². The largest absolute Gasteiger partial charge is 0.493 e. The second-order valence-corrected chi connectivity index (χ2v) is 9.04. The number of rotatable bonds is 6. The number of ether oxygens (including phenoxy) is 2. The second-order valence-electron chi connectivity index (χ2n) is 9.04. The smallest absolute Gasteiger partial charge is 0.236 e. The number of nitrogens with zero attached hydrogens (tertiary/aromatic N) is 1. The lowest BCUT2D eigenvalue weighted by atomic mass is 9.72. The summed E-state index contributed by atoms with van der Waals surface area (Å²) in [5.41, 5.74) is 8.82. The Morgan fingerprint density at radius 2 is 1.90 bits per heavy atom. The van der Waals surface area contributed by atoms with Crippen LogP contribution in [-0.4, -0.2) is 54.9 Å². The van der Waals surface area contributed by atoms with Crippen molar-refractivity contribution in [3.8, 4) is 11.5 Å². The maximum Gasteiger partial charge on any atom is 0.236 e. The van der Waals surface area contributed by atoms with Gasteiger partial charge in [0.15, 0.2) is 11.5 Å². The Morgan fingerprint density at radius 1 is 1.23 bits per heavy atom. The molecule has 166 valence electrons. The minimum Gasteiger partial charge on any atom is -0.493 e. The standard InChI is InChI=1S/C25H32N2O4/c1-16(28)25(2)15-27(24(29)13-26)14-21(25)19-8-9-22(30-3)23(12-19)31-20-10-17-6-4-5-7-18(17)11-20/h4-9,12,16,20-21,28H,10-11,13-15,26H2,1-3H3. The van der Waals surface area contributed by atoms with Gasteiger partial charge in [-0.3, -0.25) is 4.79 Å². The van der Waals surface area contributed by atoms with E-state index in [1.807, 2.05) is 25.1 Å². The molecule has 1 amide bonds. The first-order chi connectivity index (χ1) is 14.9. The fourth-order valence-corrected chi connectivity index (χ4v) is 5.03. The molecule has 0 aromatic heterocycles. The molecular weight excluding hydrogens is 392 g/mol. The van der Waals surface area contributed by atoms with Crippen molar-refractivity contribution in [3.63, 3.8) is 0 Å². The topological polar surface area (TPSA) is 85.0 Å². The van der Waals surface area contributed by atoms with Crippen molar-refractivity contribution in [3.05, 3.63) is 59.2 Å². The van der Waals surface area contributed by atoms with Gasteiger partial charge in [-0.25, -0.2) is 0 Å². The number of aliphatic hydroxyl groups is 1. The summed E-state index contributed by atoms with van der Waals surface area (Å²) in [5, 5.41) is 10.6. The molecule has 1 heterocycles. The fraction of sp³-hybridized carbons (Fsp3) is 0.480. The minimum atomic E-state index is -0.580. The van der Waals surface area contributed by atoms with E-state index in [4.69, 9.17) is 15.2 Å². The van der Waals surface area contributed by atoms with Crippen molar-refractivity contribution >= 4 is 5.91 Å².